The minimum absolute atomic E-state index is 0.313. The smallest absolute Gasteiger partial charge is 0.243 e. The van der Waals surface area contributed by atoms with Crippen molar-refractivity contribution >= 4 is 26.7 Å². The van der Waals surface area contributed by atoms with Gasteiger partial charge in [-0.25, -0.2) is 13.4 Å². The summed E-state index contributed by atoms with van der Waals surface area (Å²) < 4.78 is 26.4. The monoisotopic (exact) mass is 293 g/mol. The maximum Gasteiger partial charge on any atom is 0.243 e. The van der Waals surface area contributed by atoms with Crippen molar-refractivity contribution in [3.63, 3.8) is 0 Å². The standard InChI is InChI=1S/C14H19N3O2S/c1-4-17(5-2)20(18,19)12-7-8-13-11(10-12)6-9-14(15-3)16-13/h6-10H,4-5H2,1-3H3,(H,15,16). The Morgan fingerprint density at radius 2 is 1.85 bits per heavy atom. The summed E-state index contributed by atoms with van der Waals surface area (Å²) >= 11 is 0. The molecule has 20 heavy (non-hydrogen) atoms. The van der Waals surface area contributed by atoms with Gasteiger partial charge in [-0.05, 0) is 30.3 Å². The summed E-state index contributed by atoms with van der Waals surface area (Å²) in [5.74, 6) is 0.761. The van der Waals surface area contributed by atoms with E-state index in [0.717, 1.165) is 16.7 Å². The van der Waals surface area contributed by atoms with Gasteiger partial charge >= 0.3 is 0 Å². The number of hydrogen-bond donors (Lipinski definition) is 1. The number of hydrogen-bond acceptors (Lipinski definition) is 4. The largest absolute Gasteiger partial charge is 0.373 e. The molecule has 0 fully saturated rings. The Hall–Kier alpha value is -1.66. The average molecular weight is 293 g/mol. The highest BCUT2D eigenvalue weighted by atomic mass is 32.2. The molecule has 1 N–H and O–H groups in total. The maximum atomic E-state index is 12.5. The van der Waals surface area contributed by atoms with Crippen LogP contribution in [0.2, 0.25) is 0 Å². The van der Waals surface area contributed by atoms with Crippen LogP contribution in [0.1, 0.15) is 13.8 Å². The molecule has 108 valence electrons. The van der Waals surface area contributed by atoms with Crippen LogP contribution in [0.4, 0.5) is 5.82 Å². The first-order valence-electron chi connectivity index (χ1n) is 6.61. The molecule has 0 amide bonds. The van der Waals surface area contributed by atoms with Gasteiger partial charge in [-0.3, -0.25) is 0 Å². The SMILES string of the molecule is CCN(CC)S(=O)(=O)c1ccc2nc(NC)ccc2c1. The van der Waals surface area contributed by atoms with Crippen molar-refractivity contribution in [2.45, 2.75) is 18.7 Å². The topological polar surface area (TPSA) is 62.3 Å². The highest BCUT2D eigenvalue weighted by Gasteiger charge is 2.21. The summed E-state index contributed by atoms with van der Waals surface area (Å²) in [6, 6.07) is 8.73. The molecular weight excluding hydrogens is 274 g/mol. The highest BCUT2D eigenvalue weighted by molar-refractivity contribution is 7.89. The number of pyridine rings is 1. The highest BCUT2D eigenvalue weighted by Crippen LogP contribution is 2.22. The number of anilines is 1. The quantitative estimate of drug-likeness (QED) is 0.919. The Morgan fingerprint density at radius 1 is 1.15 bits per heavy atom. The predicted octanol–water partition coefficient (Wildman–Crippen LogP) is 2.31. The van der Waals surface area contributed by atoms with Crippen molar-refractivity contribution in [2.24, 2.45) is 0 Å². The lowest BCUT2D eigenvalue weighted by Gasteiger charge is -2.18. The molecule has 0 aliphatic rings. The molecule has 6 heteroatoms. The molecule has 0 aliphatic carbocycles. The van der Waals surface area contributed by atoms with Gasteiger partial charge in [0.2, 0.25) is 10.0 Å². The van der Waals surface area contributed by atoms with Crippen LogP contribution in [0.25, 0.3) is 10.9 Å². The minimum Gasteiger partial charge on any atom is -0.373 e. The third-order valence-electron chi connectivity index (χ3n) is 3.26. The van der Waals surface area contributed by atoms with E-state index in [1.165, 1.54) is 4.31 Å². The van der Waals surface area contributed by atoms with E-state index in [-0.39, 0.29) is 0 Å². The summed E-state index contributed by atoms with van der Waals surface area (Å²) in [6.07, 6.45) is 0. The first-order valence-corrected chi connectivity index (χ1v) is 8.05. The molecule has 0 spiro atoms. The predicted molar refractivity (Wildman–Crippen MR) is 81.4 cm³/mol. The second-order valence-corrected chi connectivity index (χ2v) is 6.33. The minimum atomic E-state index is -3.42. The molecule has 2 rings (SSSR count). The Kier molecular flexibility index (Phi) is 4.25. The molecule has 0 aliphatic heterocycles. The molecule has 0 atom stereocenters. The van der Waals surface area contributed by atoms with Crippen LogP contribution in [0.3, 0.4) is 0 Å². The van der Waals surface area contributed by atoms with Gasteiger partial charge in [-0.2, -0.15) is 4.31 Å². The maximum absolute atomic E-state index is 12.5. The van der Waals surface area contributed by atoms with E-state index >= 15 is 0 Å². The van der Waals surface area contributed by atoms with Crippen LogP contribution in [0.15, 0.2) is 35.2 Å². The lowest BCUT2D eigenvalue weighted by atomic mass is 10.2. The molecule has 2 aromatic rings. The van der Waals surface area contributed by atoms with E-state index in [1.807, 2.05) is 26.0 Å². The van der Waals surface area contributed by atoms with Crippen LogP contribution in [-0.4, -0.2) is 37.8 Å². The van der Waals surface area contributed by atoms with Gasteiger partial charge in [-0.15, -0.1) is 0 Å². The second kappa shape index (κ2) is 5.76. The Morgan fingerprint density at radius 3 is 2.45 bits per heavy atom. The fraction of sp³-hybridized carbons (Fsp3) is 0.357. The second-order valence-electron chi connectivity index (χ2n) is 4.39. The van der Waals surface area contributed by atoms with Crippen LogP contribution >= 0.6 is 0 Å². The zero-order chi connectivity index (χ0) is 14.8. The molecule has 0 unspecified atom stereocenters. The number of rotatable bonds is 5. The van der Waals surface area contributed by atoms with Gasteiger partial charge in [0.15, 0.2) is 0 Å². The summed E-state index contributed by atoms with van der Waals surface area (Å²) in [6.45, 7) is 4.60. The van der Waals surface area contributed by atoms with Crippen molar-refractivity contribution in [3.05, 3.63) is 30.3 Å². The fourth-order valence-corrected chi connectivity index (χ4v) is 3.61. The van der Waals surface area contributed by atoms with E-state index in [1.54, 1.807) is 25.2 Å². The molecular formula is C14H19N3O2S. The van der Waals surface area contributed by atoms with Gasteiger partial charge in [0, 0.05) is 25.5 Å². The summed E-state index contributed by atoms with van der Waals surface area (Å²) in [7, 11) is -1.62. The van der Waals surface area contributed by atoms with Gasteiger partial charge < -0.3 is 5.32 Å². The van der Waals surface area contributed by atoms with Gasteiger partial charge in [-0.1, -0.05) is 13.8 Å². The van der Waals surface area contributed by atoms with Crippen molar-refractivity contribution in [2.75, 3.05) is 25.5 Å². The lowest BCUT2D eigenvalue weighted by Crippen LogP contribution is -2.30. The third-order valence-corrected chi connectivity index (χ3v) is 5.31. The van der Waals surface area contributed by atoms with Crippen molar-refractivity contribution in [1.29, 1.82) is 0 Å². The normalized spacial score (nSPS) is 12.0. The molecule has 1 aromatic heterocycles. The van der Waals surface area contributed by atoms with E-state index in [2.05, 4.69) is 10.3 Å². The van der Waals surface area contributed by atoms with Crippen LogP contribution < -0.4 is 5.32 Å². The lowest BCUT2D eigenvalue weighted by molar-refractivity contribution is 0.445. The van der Waals surface area contributed by atoms with E-state index in [0.29, 0.717) is 18.0 Å². The summed E-state index contributed by atoms with van der Waals surface area (Å²) in [5, 5.41) is 3.78. The number of fused-ring (bicyclic) bond motifs is 1. The zero-order valence-electron chi connectivity index (χ0n) is 11.9. The first-order chi connectivity index (χ1) is 9.52. The molecule has 0 saturated heterocycles. The summed E-state index contributed by atoms with van der Waals surface area (Å²) in [5.41, 5.74) is 0.773. The Labute approximate surface area is 119 Å². The number of sulfonamides is 1. The van der Waals surface area contributed by atoms with Gasteiger partial charge in [0.05, 0.1) is 10.4 Å². The van der Waals surface area contributed by atoms with Crippen molar-refractivity contribution in [3.8, 4) is 0 Å². The van der Waals surface area contributed by atoms with Gasteiger partial charge in [0.25, 0.3) is 0 Å². The fourth-order valence-electron chi connectivity index (χ4n) is 2.12. The van der Waals surface area contributed by atoms with Crippen molar-refractivity contribution < 1.29 is 8.42 Å². The number of aromatic nitrogens is 1. The zero-order valence-corrected chi connectivity index (χ0v) is 12.7. The van der Waals surface area contributed by atoms with Crippen molar-refractivity contribution in [1.82, 2.24) is 9.29 Å². The Bertz CT molecular complexity index is 709. The third kappa shape index (κ3) is 2.62. The number of nitrogens with zero attached hydrogens (tertiary/aromatic N) is 2. The Balaban J connectivity index is 2.52. The molecule has 1 heterocycles. The molecule has 0 radical (unpaired) electrons. The van der Waals surface area contributed by atoms with Crippen LogP contribution in [0.5, 0.6) is 0 Å². The average Bonchev–Trinajstić information content (AvgIpc) is 2.47. The molecule has 0 bridgehead atoms. The van der Waals surface area contributed by atoms with E-state index < -0.39 is 10.0 Å². The molecule has 5 nitrogen and oxygen atoms in total. The van der Waals surface area contributed by atoms with Crippen LogP contribution in [0, 0.1) is 0 Å². The number of benzene rings is 1. The molecule has 1 aromatic carbocycles. The summed E-state index contributed by atoms with van der Waals surface area (Å²) in [4.78, 5) is 4.70. The van der Waals surface area contributed by atoms with E-state index in [9.17, 15) is 8.42 Å². The molecule has 0 saturated carbocycles. The van der Waals surface area contributed by atoms with E-state index in [4.69, 9.17) is 0 Å². The first kappa shape index (κ1) is 14.7. The van der Waals surface area contributed by atoms with Gasteiger partial charge in [0.1, 0.15) is 5.82 Å². The van der Waals surface area contributed by atoms with Crippen LogP contribution in [-0.2, 0) is 10.0 Å². The number of nitrogens with one attached hydrogen (secondary N) is 1.